The van der Waals surface area contributed by atoms with Crippen molar-refractivity contribution < 1.29 is 23.2 Å². The summed E-state index contributed by atoms with van der Waals surface area (Å²) in [5.41, 5.74) is 3.09. The summed E-state index contributed by atoms with van der Waals surface area (Å²) in [6.07, 6.45) is 0.424. The summed E-state index contributed by atoms with van der Waals surface area (Å²) in [5.74, 6) is -4.53. The molecule has 240 valence electrons. The monoisotopic (exact) mass is 634 g/mol. The Kier molecular flexibility index (Phi) is 9.26. The van der Waals surface area contributed by atoms with Gasteiger partial charge in [-0.1, -0.05) is 73.7 Å². The quantitative estimate of drug-likeness (QED) is 0.236. The molecule has 3 amide bonds. The third-order valence-corrected chi connectivity index (χ3v) is 8.82. The molecule has 0 radical (unpaired) electrons. The zero-order valence-electron chi connectivity index (χ0n) is 26.2. The number of fused-ring (bicyclic) bond motifs is 1. The number of benzene rings is 4. The van der Waals surface area contributed by atoms with Gasteiger partial charge in [-0.2, -0.15) is 0 Å². The molecular formula is C38H36F2N4O3. The smallest absolute Gasteiger partial charge is 0.275 e. The fraction of sp³-hybridized carbons (Fsp3) is 0.237. The number of amides is 3. The van der Waals surface area contributed by atoms with E-state index in [0.717, 1.165) is 23.7 Å². The first-order valence-electron chi connectivity index (χ1n) is 15.8. The van der Waals surface area contributed by atoms with Gasteiger partial charge in [0.25, 0.3) is 17.7 Å². The molecule has 9 heteroatoms. The summed E-state index contributed by atoms with van der Waals surface area (Å²) in [6.45, 7) is 5.04. The molecule has 4 aromatic rings. The number of alkyl halides is 2. The van der Waals surface area contributed by atoms with Gasteiger partial charge in [0.05, 0.1) is 5.69 Å². The molecule has 2 aliphatic rings. The molecule has 0 atom stereocenters. The first-order chi connectivity index (χ1) is 22.7. The Balaban J connectivity index is 1.22. The van der Waals surface area contributed by atoms with Crippen molar-refractivity contribution in [1.82, 2.24) is 9.80 Å². The van der Waals surface area contributed by atoms with Crippen molar-refractivity contribution in [2.24, 2.45) is 0 Å². The van der Waals surface area contributed by atoms with E-state index < -0.39 is 24.2 Å². The van der Waals surface area contributed by atoms with E-state index in [1.54, 1.807) is 59.5 Å². The van der Waals surface area contributed by atoms with Crippen LogP contribution in [0, 0.1) is 0 Å². The van der Waals surface area contributed by atoms with Gasteiger partial charge in [0, 0.05) is 73.2 Å². The molecule has 0 spiro atoms. The molecule has 0 aromatic heterocycles. The maximum Gasteiger partial charge on any atom is 0.275 e. The Morgan fingerprint density at radius 2 is 1.40 bits per heavy atom. The van der Waals surface area contributed by atoms with Crippen LogP contribution in [0.5, 0.6) is 0 Å². The summed E-state index contributed by atoms with van der Waals surface area (Å²) in [7, 11) is 0. The fourth-order valence-electron chi connectivity index (χ4n) is 6.14. The topological polar surface area (TPSA) is 73.0 Å². The SMILES string of the molecule is CCN1CCN(C(=O)/C=C2/c3ccccc3N(C(=O)c3ccc(NC(=O)c4ccccc4-c4ccccc4)cc3)CCC2(F)F)CC1. The number of nitrogens with one attached hydrogen (secondary N) is 1. The second-order valence-electron chi connectivity index (χ2n) is 11.7. The lowest BCUT2D eigenvalue weighted by atomic mass is 9.96. The largest absolute Gasteiger partial charge is 0.337 e. The Hall–Kier alpha value is -5.15. The molecule has 1 saturated heterocycles. The molecular weight excluding hydrogens is 598 g/mol. The molecule has 6 rings (SSSR count). The van der Waals surface area contributed by atoms with Crippen LogP contribution >= 0.6 is 0 Å². The van der Waals surface area contributed by atoms with Crippen LogP contribution < -0.4 is 10.2 Å². The third kappa shape index (κ3) is 6.85. The van der Waals surface area contributed by atoms with Gasteiger partial charge in [0.2, 0.25) is 5.91 Å². The lowest BCUT2D eigenvalue weighted by Crippen LogP contribution is -2.48. The van der Waals surface area contributed by atoms with E-state index in [1.165, 1.54) is 11.0 Å². The van der Waals surface area contributed by atoms with Crippen molar-refractivity contribution in [2.75, 3.05) is 49.5 Å². The Labute approximate surface area is 273 Å². The number of allylic oxidation sites excluding steroid dienone is 1. The number of carbonyl (C=O) groups excluding carboxylic acids is 3. The van der Waals surface area contributed by atoms with Gasteiger partial charge in [0.15, 0.2) is 0 Å². The minimum Gasteiger partial charge on any atom is -0.337 e. The number of rotatable bonds is 6. The molecule has 2 heterocycles. The van der Waals surface area contributed by atoms with E-state index in [4.69, 9.17) is 0 Å². The van der Waals surface area contributed by atoms with E-state index in [1.807, 2.05) is 42.5 Å². The number of likely N-dealkylation sites (N-methyl/N-ethyl adjacent to an activating group) is 1. The molecule has 0 saturated carbocycles. The van der Waals surface area contributed by atoms with Crippen LogP contribution in [0.1, 0.15) is 39.6 Å². The highest BCUT2D eigenvalue weighted by Gasteiger charge is 2.41. The normalized spacial score (nSPS) is 17.1. The van der Waals surface area contributed by atoms with Gasteiger partial charge >= 0.3 is 0 Å². The molecule has 0 unspecified atom stereocenters. The van der Waals surface area contributed by atoms with E-state index in [-0.39, 0.29) is 29.2 Å². The summed E-state index contributed by atoms with van der Waals surface area (Å²) < 4.78 is 31.4. The minimum atomic E-state index is -3.32. The van der Waals surface area contributed by atoms with Gasteiger partial charge in [-0.05, 0) is 54.1 Å². The third-order valence-electron chi connectivity index (χ3n) is 8.82. The second-order valence-corrected chi connectivity index (χ2v) is 11.7. The lowest BCUT2D eigenvalue weighted by Gasteiger charge is -2.33. The zero-order chi connectivity index (χ0) is 33.0. The highest BCUT2D eigenvalue weighted by molar-refractivity contribution is 6.11. The van der Waals surface area contributed by atoms with Gasteiger partial charge < -0.3 is 20.0 Å². The number of hydrogen-bond donors (Lipinski definition) is 1. The number of carbonyl (C=O) groups is 3. The van der Waals surface area contributed by atoms with Gasteiger partial charge in [0.1, 0.15) is 0 Å². The predicted molar refractivity (Wildman–Crippen MR) is 181 cm³/mol. The number of halogens is 2. The number of anilines is 2. The summed E-state index contributed by atoms with van der Waals surface area (Å²) in [6, 6.07) is 29.8. The fourth-order valence-corrected chi connectivity index (χ4v) is 6.14. The van der Waals surface area contributed by atoms with Crippen LogP contribution in [-0.2, 0) is 4.79 Å². The van der Waals surface area contributed by atoms with E-state index in [9.17, 15) is 14.4 Å². The van der Waals surface area contributed by atoms with Crippen LogP contribution in [0.15, 0.2) is 109 Å². The van der Waals surface area contributed by atoms with Crippen molar-refractivity contribution in [2.45, 2.75) is 19.3 Å². The number of hydrogen-bond acceptors (Lipinski definition) is 4. The number of para-hydroxylation sites is 1. The van der Waals surface area contributed by atoms with Crippen molar-refractivity contribution in [3.05, 3.63) is 126 Å². The summed E-state index contributed by atoms with van der Waals surface area (Å²) in [5, 5.41) is 2.90. The van der Waals surface area contributed by atoms with E-state index in [2.05, 4.69) is 17.1 Å². The van der Waals surface area contributed by atoms with Crippen LogP contribution in [0.25, 0.3) is 16.7 Å². The van der Waals surface area contributed by atoms with Gasteiger partial charge in [-0.15, -0.1) is 0 Å². The molecule has 7 nitrogen and oxygen atoms in total. The Bertz CT molecular complexity index is 1800. The highest BCUT2D eigenvalue weighted by Crippen LogP contribution is 2.43. The van der Waals surface area contributed by atoms with Crippen molar-refractivity contribution in [1.29, 1.82) is 0 Å². The molecule has 1 N–H and O–H groups in total. The minimum absolute atomic E-state index is 0.157. The average Bonchev–Trinajstić information content (AvgIpc) is 3.22. The van der Waals surface area contributed by atoms with Crippen molar-refractivity contribution in [3.8, 4) is 11.1 Å². The Morgan fingerprint density at radius 3 is 2.11 bits per heavy atom. The molecule has 47 heavy (non-hydrogen) atoms. The average molecular weight is 635 g/mol. The van der Waals surface area contributed by atoms with Crippen LogP contribution in [-0.4, -0.2) is 72.7 Å². The summed E-state index contributed by atoms with van der Waals surface area (Å²) >= 11 is 0. The number of nitrogens with zero attached hydrogens (tertiary/aromatic N) is 3. The van der Waals surface area contributed by atoms with Crippen LogP contribution in [0.4, 0.5) is 20.2 Å². The van der Waals surface area contributed by atoms with E-state index in [0.29, 0.717) is 43.1 Å². The zero-order valence-corrected chi connectivity index (χ0v) is 26.2. The van der Waals surface area contributed by atoms with Crippen LogP contribution in [0.3, 0.4) is 0 Å². The molecule has 0 bridgehead atoms. The van der Waals surface area contributed by atoms with Gasteiger partial charge in [-0.25, -0.2) is 8.78 Å². The van der Waals surface area contributed by atoms with Crippen LogP contribution in [0.2, 0.25) is 0 Å². The maximum atomic E-state index is 15.7. The highest BCUT2D eigenvalue weighted by atomic mass is 19.3. The van der Waals surface area contributed by atoms with Gasteiger partial charge in [-0.3, -0.25) is 14.4 Å². The first kappa shape index (κ1) is 31.8. The second kappa shape index (κ2) is 13.7. The molecule has 1 fully saturated rings. The molecule has 0 aliphatic carbocycles. The molecule has 4 aromatic carbocycles. The summed E-state index contributed by atoms with van der Waals surface area (Å²) in [4.78, 5) is 45.4. The van der Waals surface area contributed by atoms with E-state index >= 15 is 8.78 Å². The van der Waals surface area contributed by atoms with Crippen molar-refractivity contribution >= 4 is 34.7 Å². The standard InChI is InChI=1S/C38H36F2N4O3/c1-2-42-22-24-43(25-23-42)35(45)26-33-32-14-8-9-15-34(32)44(21-20-38(33,39)40)37(47)28-16-18-29(19-17-28)41-36(46)31-13-7-6-12-30(31)27-10-4-3-5-11-27/h3-19,26H,2,20-25H2,1H3,(H,41,46)/b33-26-. The number of piperazine rings is 1. The lowest BCUT2D eigenvalue weighted by molar-refractivity contribution is -0.127. The van der Waals surface area contributed by atoms with Crippen molar-refractivity contribution in [3.63, 3.8) is 0 Å². The molecule has 2 aliphatic heterocycles. The predicted octanol–water partition coefficient (Wildman–Crippen LogP) is 6.84. The maximum absolute atomic E-state index is 15.7. The first-order valence-corrected chi connectivity index (χ1v) is 15.8. The Morgan fingerprint density at radius 1 is 0.766 bits per heavy atom.